The van der Waals surface area contributed by atoms with Crippen molar-refractivity contribution in [2.24, 2.45) is 0 Å². The van der Waals surface area contributed by atoms with E-state index in [0.29, 0.717) is 29.6 Å². The Hall–Kier alpha value is -3.33. The highest BCUT2D eigenvalue weighted by Crippen LogP contribution is 2.34. The van der Waals surface area contributed by atoms with Gasteiger partial charge in [0.25, 0.3) is 0 Å². The number of anilines is 1. The van der Waals surface area contributed by atoms with Crippen LogP contribution < -0.4 is 24.8 Å². The van der Waals surface area contributed by atoms with Crippen LogP contribution in [0.5, 0.6) is 17.4 Å². The fraction of sp³-hybridized carbons (Fsp3) is 0.167. The van der Waals surface area contributed by atoms with E-state index in [9.17, 15) is 4.79 Å². The molecule has 0 aliphatic carbocycles. The number of urea groups is 1. The Morgan fingerprint density at radius 2 is 2.07 bits per heavy atom. The Bertz CT molecular complexity index is 916. The molecule has 8 nitrogen and oxygen atoms in total. The first-order valence-corrected chi connectivity index (χ1v) is 9.11. The van der Waals surface area contributed by atoms with Gasteiger partial charge < -0.3 is 24.8 Å². The van der Waals surface area contributed by atoms with Gasteiger partial charge in [-0.2, -0.15) is 0 Å². The van der Waals surface area contributed by atoms with Crippen molar-refractivity contribution >= 4 is 23.1 Å². The number of ether oxygens (including phenoxy) is 3. The lowest BCUT2D eigenvalue weighted by Gasteiger charge is -2.09. The zero-order valence-corrected chi connectivity index (χ0v) is 15.0. The van der Waals surface area contributed by atoms with Crippen LogP contribution in [0.25, 0.3) is 10.6 Å². The third-order valence-electron chi connectivity index (χ3n) is 3.68. The van der Waals surface area contributed by atoms with Crippen LogP contribution in [0.15, 0.2) is 47.8 Å². The summed E-state index contributed by atoms with van der Waals surface area (Å²) in [6, 6.07) is 12.4. The number of nitrogens with one attached hydrogen (secondary N) is 2. The summed E-state index contributed by atoms with van der Waals surface area (Å²) < 4.78 is 16.0. The van der Waals surface area contributed by atoms with Crippen molar-refractivity contribution in [2.75, 3.05) is 25.3 Å². The van der Waals surface area contributed by atoms with Crippen molar-refractivity contribution in [3.05, 3.63) is 47.8 Å². The predicted octanol–water partition coefficient (Wildman–Crippen LogP) is 3.13. The molecule has 138 valence electrons. The number of rotatable bonds is 6. The molecule has 0 saturated carbocycles. The van der Waals surface area contributed by atoms with Crippen molar-refractivity contribution in [3.63, 3.8) is 0 Å². The minimum Gasteiger partial charge on any atom is -0.475 e. The summed E-state index contributed by atoms with van der Waals surface area (Å²) in [5.41, 5.74) is 1.42. The Morgan fingerprint density at radius 1 is 1.15 bits per heavy atom. The number of hydrogen-bond acceptors (Lipinski definition) is 7. The van der Waals surface area contributed by atoms with Crippen LogP contribution >= 0.6 is 11.3 Å². The van der Waals surface area contributed by atoms with Crippen LogP contribution in [0.4, 0.5) is 10.5 Å². The van der Waals surface area contributed by atoms with E-state index in [1.54, 1.807) is 35.6 Å². The van der Waals surface area contributed by atoms with E-state index in [2.05, 4.69) is 20.8 Å². The van der Waals surface area contributed by atoms with Crippen molar-refractivity contribution < 1.29 is 19.0 Å². The Kier molecular flexibility index (Phi) is 5.01. The molecule has 0 bridgehead atoms. The molecule has 9 heteroatoms. The van der Waals surface area contributed by atoms with Crippen LogP contribution in [0, 0.1) is 0 Å². The van der Waals surface area contributed by atoms with Gasteiger partial charge in [-0.3, -0.25) is 0 Å². The maximum absolute atomic E-state index is 11.9. The van der Waals surface area contributed by atoms with Gasteiger partial charge in [-0.1, -0.05) is 6.07 Å². The summed E-state index contributed by atoms with van der Waals surface area (Å²) in [5, 5.41) is 15.6. The highest BCUT2D eigenvalue weighted by molar-refractivity contribution is 7.13. The largest absolute Gasteiger partial charge is 0.475 e. The Balaban J connectivity index is 1.20. The van der Waals surface area contributed by atoms with Crippen LogP contribution in [-0.4, -0.2) is 36.2 Å². The van der Waals surface area contributed by atoms with Gasteiger partial charge in [0.2, 0.25) is 12.7 Å². The van der Waals surface area contributed by atoms with Crippen LogP contribution in [0.3, 0.4) is 0 Å². The summed E-state index contributed by atoms with van der Waals surface area (Å²) in [7, 11) is 0. The number of fused-ring (bicyclic) bond motifs is 1. The Morgan fingerprint density at radius 3 is 2.89 bits per heavy atom. The summed E-state index contributed by atoms with van der Waals surface area (Å²) in [4.78, 5) is 13.0. The lowest BCUT2D eigenvalue weighted by molar-refractivity contribution is 0.174. The molecule has 0 unspecified atom stereocenters. The third kappa shape index (κ3) is 4.26. The summed E-state index contributed by atoms with van der Waals surface area (Å²) in [6.45, 7) is 0.797. The molecule has 0 fully saturated rings. The average Bonchev–Trinajstić information content (AvgIpc) is 3.37. The molecule has 0 radical (unpaired) electrons. The van der Waals surface area contributed by atoms with E-state index < -0.39 is 0 Å². The fourth-order valence-electron chi connectivity index (χ4n) is 2.42. The SMILES string of the molecule is O=C(NCCOc1ccc(-c2cccs2)nn1)Nc1ccc2c(c1)OCO2. The second kappa shape index (κ2) is 7.92. The topological polar surface area (TPSA) is 94.6 Å². The predicted molar refractivity (Wildman–Crippen MR) is 100 cm³/mol. The van der Waals surface area contributed by atoms with E-state index in [1.807, 2.05) is 23.6 Å². The standard InChI is InChI=1S/C18H16N4O4S/c23-18(20-12-3-5-14-15(10-12)26-11-25-14)19-7-8-24-17-6-4-13(21-22-17)16-2-1-9-27-16/h1-6,9-10H,7-8,11H2,(H2,19,20,23). The van der Waals surface area contributed by atoms with Crippen molar-refractivity contribution in [1.29, 1.82) is 0 Å². The number of carbonyl (C=O) groups excluding carboxylic acids is 1. The number of aromatic nitrogens is 2. The molecule has 3 heterocycles. The first kappa shape index (κ1) is 17.1. The number of benzene rings is 1. The monoisotopic (exact) mass is 384 g/mol. The highest BCUT2D eigenvalue weighted by atomic mass is 32.1. The molecule has 1 aliphatic heterocycles. The molecule has 3 aromatic rings. The normalized spacial score (nSPS) is 11.9. The summed E-state index contributed by atoms with van der Waals surface area (Å²) in [5.74, 6) is 1.69. The number of carbonyl (C=O) groups is 1. The molecule has 0 spiro atoms. The average molecular weight is 384 g/mol. The molecule has 1 aromatic carbocycles. The van der Waals surface area contributed by atoms with Gasteiger partial charge >= 0.3 is 6.03 Å². The van der Waals surface area contributed by atoms with Crippen molar-refractivity contribution in [2.45, 2.75) is 0 Å². The first-order chi connectivity index (χ1) is 13.3. The quantitative estimate of drug-likeness (QED) is 0.634. The Labute approximate surface area is 159 Å². The highest BCUT2D eigenvalue weighted by Gasteiger charge is 2.14. The van der Waals surface area contributed by atoms with E-state index in [0.717, 1.165) is 10.6 Å². The van der Waals surface area contributed by atoms with E-state index in [4.69, 9.17) is 14.2 Å². The van der Waals surface area contributed by atoms with Gasteiger partial charge in [0, 0.05) is 17.8 Å². The minimum absolute atomic E-state index is 0.194. The molecule has 2 N–H and O–H groups in total. The summed E-state index contributed by atoms with van der Waals surface area (Å²) in [6.07, 6.45) is 0. The fourth-order valence-corrected chi connectivity index (χ4v) is 3.11. The van der Waals surface area contributed by atoms with Gasteiger partial charge in [0.1, 0.15) is 12.3 Å². The lowest BCUT2D eigenvalue weighted by atomic mass is 10.3. The van der Waals surface area contributed by atoms with E-state index in [-0.39, 0.29) is 19.4 Å². The lowest BCUT2D eigenvalue weighted by Crippen LogP contribution is -2.32. The number of thiophene rings is 1. The van der Waals surface area contributed by atoms with Crippen LogP contribution in [-0.2, 0) is 0 Å². The minimum atomic E-state index is -0.336. The van der Waals surface area contributed by atoms with Crippen LogP contribution in [0.2, 0.25) is 0 Å². The smallest absolute Gasteiger partial charge is 0.319 e. The molecule has 27 heavy (non-hydrogen) atoms. The number of amides is 2. The number of hydrogen-bond donors (Lipinski definition) is 2. The van der Waals surface area contributed by atoms with E-state index in [1.165, 1.54) is 0 Å². The molecule has 0 saturated heterocycles. The van der Waals surface area contributed by atoms with Crippen molar-refractivity contribution in [3.8, 4) is 28.0 Å². The second-order valence-corrected chi connectivity index (χ2v) is 6.48. The molecule has 2 aromatic heterocycles. The second-order valence-electron chi connectivity index (χ2n) is 5.53. The molecule has 4 rings (SSSR count). The molecule has 1 aliphatic rings. The summed E-state index contributed by atoms with van der Waals surface area (Å²) >= 11 is 1.60. The van der Waals surface area contributed by atoms with Gasteiger partial charge in [0.15, 0.2) is 11.5 Å². The molecular weight excluding hydrogens is 368 g/mol. The zero-order chi connectivity index (χ0) is 18.5. The van der Waals surface area contributed by atoms with Crippen LogP contribution in [0.1, 0.15) is 0 Å². The van der Waals surface area contributed by atoms with Crippen molar-refractivity contribution in [1.82, 2.24) is 15.5 Å². The van der Waals surface area contributed by atoms with Gasteiger partial charge in [-0.15, -0.1) is 21.5 Å². The zero-order valence-electron chi connectivity index (χ0n) is 14.2. The van der Waals surface area contributed by atoms with Gasteiger partial charge in [0.05, 0.1) is 11.4 Å². The third-order valence-corrected chi connectivity index (χ3v) is 4.57. The molecule has 2 amide bonds. The molecular formula is C18H16N4O4S. The maximum Gasteiger partial charge on any atom is 0.319 e. The van der Waals surface area contributed by atoms with Gasteiger partial charge in [-0.05, 0) is 29.6 Å². The number of nitrogens with zero attached hydrogens (tertiary/aromatic N) is 2. The molecule has 0 atom stereocenters. The van der Waals surface area contributed by atoms with Gasteiger partial charge in [-0.25, -0.2) is 4.79 Å². The maximum atomic E-state index is 11.9. The first-order valence-electron chi connectivity index (χ1n) is 8.23. The van der Waals surface area contributed by atoms with E-state index >= 15 is 0 Å².